The van der Waals surface area contributed by atoms with Crippen molar-refractivity contribution in [1.82, 2.24) is 0 Å². The van der Waals surface area contributed by atoms with E-state index in [1.807, 2.05) is 54.7 Å². The van der Waals surface area contributed by atoms with Crippen LogP contribution in [-0.2, 0) is 28.6 Å². The Labute approximate surface area is 392 Å². The molecule has 0 aliphatic heterocycles. The van der Waals surface area contributed by atoms with E-state index < -0.39 is 6.10 Å². The monoisotopic (exact) mass is 883 g/mol. The van der Waals surface area contributed by atoms with Gasteiger partial charge in [-0.25, -0.2) is 0 Å². The van der Waals surface area contributed by atoms with Crippen LogP contribution in [0.2, 0.25) is 0 Å². The van der Waals surface area contributed by atoms with Crippen LogP contribution in [0.1, 0.15) is 194 Å². The highest BCUT2D eigenvalue weighted by Gasteiger charge is 2.19. The standard InChI is InChI=1S/C58H90O6/c1-4-7-10-13-16-19-22-25-27-28-29-31-33-36-39-42-45-48-51-57(60)63-54-55(53-62-56(59)50-47-44-41-38-35-32-24-21-18-15-12-9-6-3)64-58(61)52-49-46-43-40-37-34-30-26-23-20-17-14-11-8-5-2/h8-9,11-12,14-15,17-18,20-31,34,37,55H,4-7,10,13,16,19,32-33,35-36,38-54H2,1-3H3/b11-8+,12-9+,17-14+,18-15+,23-20+,24-21+,25-22+,28-27+,30-26+,31-29+,37-34+. The maximum atomic E-state index is 12.8. The van der Waals surface area contributed by atoms with E-state index in [2.05, 4.69) is 99.8 Å². The highest BCUT2D eigenvalue weighted by atomic mass is 16.6. The number of rotatable bonds is 43. The molecular weight excluding hydrogens is 793 g/mol. The molecule has 1 atom stereocenters. The molecule has 0 aliphatic carbocycles. The molecule has 6 nitrogen and oxygen atoms in total. The first-order valence-electron chi connectivity index (χ1n) is 25.3. The lowest BCUT2D eigenvalue weighted by Gasteiger charge is -2.18. The number of carbonyl (C=O) groups is 3. The van der Waals surface area contributed by atoms with Crippen molar-refractivity contribution < 1.29 is 28.6 Å². The first-order chi connectivity index (χ1) is 31.5. The third-order valence-electron chi connectivity index (χ3n) is 10.1. The summed E-state index contributed by atoms with van der Waals surface area (Å²) in [7, 11) is 0. The third kappa shape index (κ3) is 48.6. The van der Waals surface area contributed by atoms with Gasteiger partial charge in [-0.1, -0.05) is 225 Å². The first kappa shape index (κ1) is 59.5. The van der Waals surface area contributed by atoms with Crippen molar-refractivity contribution in [2.45, 2.75) is 200 Å². The lowest BCUT2D eigenvalue weighted by atomic mass is 10.1. The summed E-state index contributed by atoms with van der Waals surface area (Å²) in [6, 6.07) is 0. The lowest BCUT2D eigenvalue weighted by molar-refractivity contribution is -0.167. The van der Waals surface area contributed by atoms with Gasteiger partial charge >= 0.3 is 17.9 Å². The first-order valence-corrected chi connectivity index (χ1v) is 25.3. The quantitative estimate of drug-likeness (QED) is 0.0263. The Morgan fingerprint density at radius 1 is 0.328 bits per heavy atom. The molecule has 1 unspecified atom stereocenters. The summed E-state index contributed by atoms with van der Waals surface area (Å²) in [5.74, 6) is -1.01. The minimum absolute atomic E-state index is 0.118. The Morgan fingerprint density at radius 3 is 0.969 bits per heavy atom. The molecule has 0 aliphatic rings. The summed E-state index contributed by atoms with van der Waals surface area (Å²) in [4.78, 5) is 38.0. The summed E-state index contributed by atoms with van der Waals surface area (Å²) in [6.07, 6.45) is 71.4. The van der Waals surface area contributed by atoms with Crippen molar-refractivity contribution in [3.8, 4) is 0 Å². The smallest absolute Gasteiger partial charge is 0.306 e. The second-order valence-corrected chi connectivity index (χ2v) is 16.2. The van der Waals surface area contributed by atoms with Gasteiger partial charge in [-0.3, -0.25) is 14.4 Å². The SMILES string of the molecule is CC/C=C/C=C/C=C/C=C/C=C/CCCCCC(=O)OC(COC(=O)CCCCCCC/C=C/C=C/C=C/CC)COC(=O)CCCCCCC/C=C/C=C/C=C/CCCCCCC. The Hall–Kier alpha value is -4.45. The molecule has 0 N–H and O–H groups in total. The number of hydrogen-bond donors (Lipinski definition) is 0. The van der Waals surface area contributed by atoms with Crippen LogP contribution in [0.5, 0.6) is 0 Å². The Balaban J connectivity index is 4.56. The molecule has 0 amide bonds. The van der Waals surface area contributed by atoms with Gasteiger partial charge in [0.1, 0.15) is 13.2 Å². The van der Waals surface area contributed by atoms with Crippen molar-refractivity contribution in [3.05, 3.63) is 134 Å². The van der Waals surface area contributed by atoms with Gasteiger partial charge in [-0.2, -0.15) is 0 Å². The number of allylic oxidation sites excluding steroid dienone is 22. The van der Waals surface area contributed by atoms with Crippen LogP contribution in [0.15, 0.2) is 134 Å². The van der Waals surface area contributed by atoms with Gasteiger partial charge in [0.15, 0.2) is 6.10 Å². The predicted molar refractivity (Wildman–Crippen MR) is 274 cm³/mol. The number of hydrogen-bond acceptors (Lipinski definition) is 6. The minimum Gasteiger partial charge on any atom is -0.462 e. The van der Waals surface area contributed by atoms with Crippen molar-refractivity contribution in [2.24, 2.45) is 0 Å². The maximum Gasteiger partial charge on any atom is 0.306 e. The topological polar surface area (TPSA) is 78.9 Å². The van der Waals surface area contributed by atoms with Crippen LogP contribution in [0.3, 0.4) is 0 Å². The molecule has 0 radical (unpaired) electrons. The van der Waals surface area contributed by atoms with Gasteiger partial charge in [0.25, 0.3) is 0 Å². The van der Waals surface area contributed by atoms with E-state index >= 15 is 0 Å². The normalized spacial score (nSPS) is 13.2. The fourth-order valence-electron chi connectivity index (χ4n) is 6.34. The molecule has 6 heteroatoms. The molecule has 0 aromatic rings. The summed E-state index contributed by atoms with van der Waals surface area (Å²) in [5, 5.41) is 0. The van der Waals surface area contributed by atoms with Crippen LogP contribution in [0.25, 0.3) is 0 Å². The number of ether oxygens (including phenoxy) is 3. The molecule has 0 aromatic carbocycles. The van der Waals surface area contributed by atoms with Crippen molar-refractivity contribution >= 4 is 17.9 Å². The zero-order valence-electron chi connectivity index (χ0n) is 40.7. The van der Waals surface area contributed by atoms with Gasteiger partial charge in [0.05, 0.1) is 0 Å². The molecular formula is C58H90O6. The highest BCUT2D eigenvalue weighted by molar-refractivity contribution is 5.71. The van der Waals surface area contributed by atoms with Crippen LogP contribution in [0.4, 0.5) is 0 Å². The van der Waals surface area contributed by atoms with Crippen molar-refractivity contribution in [2.75, 3.05) is 13.2 Å². The van der Waals surface area contributed by atoms with Crippen molar-refractivity contribution in [1.29, 1.82) is 0 Å². The van der Waals surface area contributed by atoms with Crippen LogP contribution >= 0.6 is 0 Å². The van der Waals surface area contributed by atoms with Gasteiger partial charge in [0.2, 0.25) is 0 Å². The zero-order valence-corrected chi connectivity index (χ0v) is 40.7. The van der Waals surface area contributed by atoms with Crippen LogP contribution in [-0.4, -0.2) is 37.2 Å². The van der Waals surface area contributed by atoms with E-state index in [-0.39, 0.29) is 37.5 Å². The highest BCUT2D eigenvalue weighted by Crippen LogP contribution is 2.12. The minimum atomic E-state index is -0.822. The Kier molecular flexibility index (Phi) is 47.6. The van der Waals surface area contributed by atoms with Crippen LogP contribution in [0, 0.1) is 0 Å². The van der Waals surface area contributed by atoms with Crippen molar-refractivity contribution in [3.63, 3.8) is 0 Å². The van der Waals surface area contributed by atoms with E-state index in [0.29, 0.717) is 19.3 Å². The second-order valence-electron chi connectivity index (χ2n) is 16.2. The molecule has 0 rings (SSSR count). The molecule has 0 saturated heterocycles. The second kappa shape index (κ2) is 51.2. The Bertz CT molecular complexity index is 1430. The summed E-state index contributed by atoms with van der Waals surface area (Å²) in [5.41, 5.74) is 0. The molecule has 0 saturated carbocycles. The van der Waals surface area contributed by atoms with Gasteiger partial charge in [0, 0.05) is 19.3 Å². The maximum absolute atomic E-state index is 12.8. The largest absolute Gasteiger partial charge is 0.462 e. The van der Waals surface area contributed by atoms with Gasteiger partial charge in [-0.05, 0) is 83.5 Å². The molecule has 358 valence electrons. The van der Waals surface area contributed by atoms with E-state index in [0.717, 1.165) is 116 Å². The van der Waals surface area contributed by atoms with E-state index in [9.17, 15) is 14.4 Å². The molecule has 0 spiro atoms. The summed E-state index contributed by atoms with van der Waals surface area (Å²) in [6.45, 7) is 6.25. The third-order valence-corrected chi connectivity index (χ3v) is 10.1. The van der Waals surface area contributed by atoms with Gasteiger partial charge in [-0.15, -0.1) is 0 Å². The van der Waals surface area contributed by atoms with E-state index in [1.165, 1.54) is 32.1 Å². The predicted octanol–water partition coefficient (Wildman–Crippen LogP) is 16.7. The average molecular weight is 883 g/mol. The fraction of sp³-hybridized carbons (Fsp3) is 0.569. The molecule has 0 aromatic heterocycles. The number of carbonyl (C=O) groups excluding carboxylic acids is 3. The van der Waals surface area contributed by atoms with E-state index in [4.69, 9.17) is 14.2 Å². The van der Waals surface area contributed by atoms with E-state index in [1.54, 1.807) is 0 Å². The summed E-state index contributed by atoms with van der Waals surface area (Å²) >= 11 is 0. The zero-order chi connectivity index (χ0) is 46.5. The Morgan fingerprint density at radius 2 is 0.609 bits per heavy atom. The molecule has 0 bridgehead atoms. The molecule has 64 heavy (non-hydrogen) atoms. The summed E-state index contributed by atoms with van der Waals surface area (Å²) < 4.78 is 16.7. The molecule has 0 fully saturated rings. The lowest BCUT2D eigenvalue weighted by Crippen LogP contribution is -2.30. The average Bonchev–Trinajstić information content (AvgIpc) is 3.29. The molecule has 0 heterocycles. The number of esters is 3. The number of unbranched alkanes of at least 4 members (excludes halogenated alkanes) is 18. The van der Waals surface area contributed by atoms with Crippen LogP contribution < -0.4 is 0 Å². The fourth-order valence-corrected chi connectivity index (χ4v) is 6.34. The van der Waals surface area contributed by atoms with Gasteiger partial charge < -0.3 is 14.2 Å².